The van der Waals surface area contributed by atoms with E-state index >= 15 is 0 Å². The molecule has 0 radical (unpaired) electrons. The van der Waals surface area contributed by atoms with Gasteiger partial charge < -0.3 is 15.5 Å². The van der Waals surface area contributed by atoms with Gasteiger partial charge in [0.15, 0.2) is 0 Å². The fraction of sp³-hybridized carbons (Fsp3) is 0.796. The lowest BCUT2D eigenvalue weighted by Crippen LogP contribution is -2.45. The van der Waals surface area contributed by atoms with Crippen LogP contribution < -0.4 is 5.32 Å². The molecule has 0 aliphatic heterocycles. The summed E-state index contributed by atoms with van der Waals surface area (Å²) in [6.45, 7) is 4.30. The molecule has 0 aromatic carbocycles. The Morgan fingerprint density at radius 2 is 0.724 bits per heavy atom. The van der Waals surface area contributed by atoms with Gasteiger partial charge in [-0.15, -0.1) is 0 Å². The third-order valence-electron chi connectivity index (χ3n) is 11.5. The van der Waals surface area contributed by atoms with Crippen LogP contribution in [0.5, 0.6) is 0 Å². The van der Waals surface area contributed by atoms with E-state index in [2.05, 4.69) is 67.8 Å². The van der Waals surface area contributed by atoms with E-state index in [1.165, 1.54) is 186 Å². The number of aliphatic hydroxyl groups excluding tert-OH is 2. The molecule has 3 N–H and O–H groups in total. The van der Waals surface area contributed by atoms with Crippen LogP contribution in [0.4, 0.5) is 0 Å². The molecule has 338 valence electrons. The fourth-order valence-electron chi connectivity index (χ4n) is 7.54. The predicted molar refractivity (Wildman–Crippen MR) is 258 cm³/mol. The normalized spacial score (nSPS) is 13.4. The van der Waals surface area contributed by atoms with E-state index in [0.29, 0.717) is 6.42 Å². The molecule has 0 aliphatic rings. The molecule has 0 aliphatic carbocycles. The minimum atomic E-state index is -0.876. The number of carbonyl (C=O) groups excluding carboxylic acids is 1. The molecule has 0 fully saturated rings. The maximum Gasteiger partial charge on any atom is 0.220 e. The number of hydrogen-bond acceptors (Lipinski definition) is 3. The molecule has 0 bridgehead atoms. The second kappa shape index (κ2) is 49.5. The van der Waals surface area contributed by atoms with Crippen molar-refractivity contribution in [2.24, 2.45) is 0 Å². The van der Waals surface area contributed by atoms with E-state index in [4.69, 9.17) is 0 Å². The molecule has 0 saturated heterocycles. The summed E-state index contributed by atoms with van der Waals surface area (Å²) in [4.78, 5) is 12.4. The summed E-state index contributed by atoms with van der Waals surface area (Å²) in [6.07, 6.45) is 69.3. The highest BCUT2D eigenvalue weighted by Crippen LogP contribution is 2.15. The summed E-state index contributed by atoms with van der Waals surface area (Å²) >= 11 is 0. The smallest absolute Gasteiger partial charge is 0.220 e. The van der Waals surface area contributed by atoms with Gasteiger partial charge in [0, 0.05) is 6.42 Å². The zero-order valence-corrected chi connectivity index (χ0v) is 38.8. The predicted octanol–water partition coefficient (Wildman–Crippen LogP) is 16.5. The first-order valence-electron chi connectivity index (χ1n) is 25.5. The third-order valence-corrected chi connectivity index (χ3v) is 11.5. The van der Waals surface area contributed by atoms with Crippen molar-refractivity contribution in [3.8, 4) is 0 Å². The molecule has 2 unspecified atom stereocenters. The Balaban J connectivity index is 3.63. The van der Waals surface area contributed by atoms with Crippen LogP contribution in [0.2, 0.25) is 0 Å². The number of unbranched alkanes of at least 4 members (excludes halogenated alkanes) is 31. The summed E-state index contributed by atoms with van der Waals surface area (Å²) in [6, 6.07) is -0.652. The van der Waals surface area contributed by atoms with Gasteiger partial charge in [0.25, 0.3) is 0 Å². The van der Waals surface area contributed by atoms with Crippen molar-refractivity contribution in [2.45, 2.75) is 270 Å². The zero-order chi connectivity index (χ0) is 42.1. The third kappa shape index (κ3) is 45.2. The number of hydrogen-bond donors (Lipinski definition) is 3. The highest BCUT2D eigenvalue weighted by Gasteiger charge is 2.17. The van der Waals surface area contributed by atoms with Crippen molar-refractivity contribution in [2.75, 3.05) is 6.61 Å². The summed E-state index contributed by atoms with van der Waals surface area (Å²) in [5, 5.41) is 23.1. The summed E-state index contributed by atoms with van der Waals surface area (Å²) in [5.74, 6) is -0.0852. The van der Waals surface area contributed by atoms with E-state index < -0.39 is 12.1 Å². The number of aliphatic hydroxyl groups is 2. The Bertz CT molecular complexity index is 965. The molecule has 0 rings (SSSR count). The Morgan fingerprint density at radius 1 is 0.414 bits per heavy atom. The molecule has 0 spiro atoms. The van der Waals surface area contributed by atoms with Crippen LogP contribution in [-0.4, -0.2) is 34.9 Å². The van der Waals surface area contributed by atoms with Gasteiger partial charge in [-0.05, 0) is 77.0 Å². The maximum absolute atomic E-state index is 12.4. The molecule has 0 saturated carbocycles. The standard InChI is InChI=1S/C54H99NO3/c1-3-5-7-9-11-13-15-17-19-21-23-25-27-29-31-33-35-37-39-41-43-45-47-49-53(57)52(51-56)55-54(58)50-48-46-44-42-40-38-36-34-32-30-28-26-24-22-20-18-16-14-12-10-8-6-4-2/h24,26,30-33,39,41,47,49,52-53,56-57H,3-23,25,27-29,34-38,40,42-46,48,50-51H2,1-2H3,(H,55,58)/b26-24-,32-30-,33-31+,41-39+,49-47+. The van der Waals surface area contributed by atoms with Crippen LogP contribution in [0.25, 0.3) is 0 Å². The second-order valence-corrected chi connectivity index (χ2v) is 17.2. The molecule has 2 atom stereocenters. The van der Waals surface area contributed by atoms with Gasteiger partial charge in [0.05, 0.1) is 18.8 Å². The minimum absolute atomic E-state index is 0.0852. The van der Waals surface area contributed by atoms with Crippen LogP contribution in [0.3, 0.4) is 0 Å². The Labute approximate surface area is 362 Å². The first kappa shape index (κ1) is 56.1. The van der Waals surface area contributed by atoms with Crippen LogP contribution >= 0.6 is 0 Å². The Morgan fingerprint density at radius 3 is 1.10 bits per heavy atom. The first-order valence-corrected chi connectivity index (χ1v) is 25.5. The SMILES string of the molecule is CCCCCCCCCCC/C=C\C/C=C\CCCCCCCCCC(=O)NC(CO)C(O)/C=C/CC/C=C/CC/C=C/CCCCCCCCCCCCCCC. The molecule has 1 amide bonds. The first-order chi connectivity index (χ1) is 28.7. The van der Waals surface area contributed by atoms with Crippen LogP contribution in [-0.2, 0) is 4.79 Å². The number of nitrogens with one attached hydrogen (secondary N) is 1. The quantitative estimate of drug-likeness (QED) is 0.0424. The number of carbonyl (C=O) groups is 1. The highest BCUT2D eigenvalue weighted by molar-refractivity contribution is 5.76. The van der Waals surface area contributed by atoms with Crippen molar-refractivity contribution in [1.82, 2.24) is 5.32 Å². The molecular formula is C54H99NO3. The lowest BCUT2D eigenvalue weighted by Gasteiger charge is -2.19. The molecular weight excluding hydrogens is 711 g/mol. The molecule has 4 heteroatoms. The Hall–Kier alpha value is -1.91. The van der Waals surface area contributed by atoms with Gasteiger partial charge in [-0.3, -0.25) is 4.79 Å². The van der Waals surface area contributed by atoms with Crippen molar-refractivity contribution >= 4 is 5.91 Å². The summed E-state index contributed by atoms with van der Waals surface area (Å²) in [5.41, 5.74) is 0. The molecule has 0 aromatic rings. The van der Waals surface area contributed by atoms with Crippen molar-refractivity contribution in [3.63, 3.8) is 0 Å². The largest absolute Gasteiger partial charge is 0.394 e. The number of allylic oxidation sites excluding steroid dienone is 9. The maximum atomic E-state index is 12.4. The van der Waals surface area contributed by atoms with Crippen LogP contribution in [0.15, 0.2) is 60.8 Å². The minimum Gasteiger partial charge on any atom is -0.394 e. The monoisotopic (exact) mass is 810 g/mol. The fourth-order valence-corrected chi connectivity index (χ4v) is 7.54. The van der Waals surface area contributed by atoms with Crippen LogP contribution in [0, 0.1) is 0 Å². The zero-order valence-electron chi connectivity index (χ0n) is 38.8. The average Bonchev–Trinajstić information content (AvgIpc) is 3.23. The molecule has 58 heavy (non-hydrogen) atoms. The summed E-state index contributed by atoms with van der Waals surface area (Å²) in [7, 11) is 0. The summed E-state index contributed by atoms with van der Waals surface area (Å²) < 4.78 is 0. The van der Waals surface area contributed by atoms with Crippen molar-refractivity contribution < 1.29 is 15.0 Å². The van der Waals surface area contributed by atoms with Crippen LogP contribution in [0.1, 0.15) is 258 Å². The van der Waals surface area contributed by atoms with Gasteiger partial charge in [-0.2, -0.15) is 0 Å². The van der Waals surface area contributed by atoms with Crippen molar-refractivity contribution in [3.05, 3.63) is 60.8 Å². The van der Waals surface area contributed by atoms with Gasteiger partial charge in [0.1, 0.15) is 0 Å². The topological polar surface area (TPSA) is 69.6 Å². The lowest BCUT2D eigenvalue weighted by atomic mass is 10.0. The van der Waals surface area contributed by atoms with E-state index in [1.807, 2.05) is 6.08 Å². The van der Waals surface area contributed by atoms with E-state index in [9.17, 15) is 15.0 Å². The van der Waals surface area contributed by atoms with E-state index in [1.54, 1.807) is 6.08 Å². The number of rotatable bonds is 46. The molecule has 0 heterocycles. The lowest BCUT2D eigenvalue weighted by molar-refractivity contribution is -0.123. The van der Waals surface area contributed by atoms with Gasteiger partial charge in [-0.25, -0.2) is 0 Å². The Kier molecular flexibility index (Phi) is 47.8. The molecule has 0 aromatic heterocycles. The van der Waals surface area contributed by atoms with Crippen molar-refractivity contribution in [1.29, 1.82) is 0 Å². The van der Waals surface area contributed by atoms with E-state index in [0.717, 1.165) is 51.4 Å². The van der Waals surface area contributed by atoms with E-state index in [-0.39, 0.29) is 12.5 Å². The molecule has 4 nitrogen and oxygen atoms in total. The van der Waals surface area contributed by atoms with Gasteiger partial charge in [0.2, 0.25) is 5.91 Å². The number of amides is 1. The second-order valence-electron chi connectivity index (χ2n) is 17.2. The van der Waals surface area contributed by atoms with Gasteiger partial charge >= 0.3 is 0 Å². The van der Waals surface area contributed by atoms with Gasteiger partial charge in [-0.1, -0.05) is 235 Å². The highest BCUT2D eigenvalue weighted by atomic mass is 16.3. The average molecular weight is 810 g/mol.